The van der Waals surface area contributed by atoms with Gasteiger partial charge >= 0.3 is 6.85 Å². The highest BCUT2D eigenvalue weighted by molar-refractivity contribution is 7.25. The minimum absolute atomic E-state index is 0.0253. The number of benzene rings is 8. The zero-order chi connectivity index (χ0) is 48.4. The van der Waals surface area contributed by atoms with Crippen molar-refractivity contribution < 1.29 is 0 Å². The first-order chi connectivity index (χ1) is 34.0. The van der Waals surface area contributed by atoms with Gasteiger partial charge in [-0.25, -0.2) is 0 Å². The van der Waals surface area contributed by atoms with Crippen LogP contribution in [0, 0.1) is 0 Å². The van der Waals surface area contributed by atoms with Crippen LogP contribution in [0.2, 0.25) is 0 Å². The summed E-state index contributed by atoms with van der Waals surface area (Å²) in [5.41, 5.74) is 25.6. The second-order valence-electron chi connectivity index (χ2n) is 24.4. The predicted octanol–water partition coefficient (Wildman–Crippen LogP) is 16.5. The number of aryl methyl sites for hydroxylation is 1. The van der Waals surface area contributed by atoms with E-state index in [0.29, 0.717) is 0 Å². The fraction of sp³-hybridized carbons (Fsp3) is 0.242. The van der Waals surface area contributed by atoms with Gasteiger partial charge in [-0.2, -0.15) is 0 Å². The Balaban J connectivity index is 1.19. The predicted molar refractivity (Wildman–Crippen MR) is 306 cm³/mol. The van der Waals surface area contributed by atoms with Gasteiger partial charge in [0, 0.05) is 71.7 Å². The molecular weight excluding hydrogens is 878 g/mol. The van der Waals surface area contributed by atoms with Crippen LogP contribution in [-0.2, 0) is 28.7 Å². The van der Waals surface area contributed by atoms with E-state index in [1.165, 1.54) is 155 Å². The molecule has 0 atom stereocenters. The normalized spacial score (nSPS) is 16.8. The van der Waals surface area contributed by atoms with Crippen LogP contribution in [0.5, 0.6) is 0 Å². The number of anilines is 2. The van der Waals surface area contributed by atoms with Crippen LogP contribution in [0.4, 0.5) is 11.4 Å². The molecule has 2 aliphatic carbocycles. The highest BCUT2D eigenvalue weighted by Crippen LogP contribution is 2.60. The van der Waals surface area contributed by atoms with Gasteiger partial charge in [-0.3, -0.25) is 0 Å². The van der Waals surface area contributed by atoms with Gasteiger partial charge in [-0.15, -0.1) is 11.3 Å². The molecule has 11 aromatic rings. The standard InChI is InChI=1S/C66H58BN3S/c1-63(2,3)39-24-26-40(27-25-39)70-53-36-56-43(41-20-15-17-23-55(41)71-56)32-44(53)59-60-57(42-21-14-16-22-46(42)66(60,8)9)58-45-33-47-48(65(6,7)29-28-64(47,4)5)34-52(45)69-54-35-51-38(30-49(54)67(70)61(59)62(58)69)31-50(68(51)10)37-18-12-11-13-19-37/h11-27,30-36H,28-29H2,1-10H3. The van der Waals surface area contributed by atoms with Gasteiger partial charge in [0.25, 0.3) is 0 Å². The molecule has 71 heavy (non-hydrogen) atoms. The summed E-state index contributed by atoms with van der Waals surface area (Å²) in [5, 5.41) is 6.74. The molecule has 3 aromatic heterocycles. The quantitative estimate of drug-likeness (QED) is 0.157. The summed E-state index contributed by atoms with van der Waals surface area (Å²) in [5.74, 6) is 0. The van der Waals surface area contributed by atoms with Crippen LogP contribution in [0.3, 0.4) is 0 Å². The Morgan fingerprint density at radius 2 is 1.28 bits per heavy atom. The smallest absolute Gasteiger partial charge is 0.333 e. The van der Waals surface area contributed by atoms with Gasteiger partial charge in [0.2, 0.25) is 0 Å². The Bertz CT molecular complexity index is 4190. The number of hydrogen-bond acceptors (Lipinski definition) is 2. The Morgan fingerprint density at radius 3 is 2.04 bits per heavy atom. The van der Waals surface area contributed by atoms with Crippen LogP contribution in [0.1, 0.15) is 103 Å². The van der Waals surface area contributed by atoms with E-state index >= 15 is 0 Å². The zero-order valence-corrected chi connectivity index (χ0v) is 43.4. The summed E-state index contributed by atoms with van der Waals surface area (Å²) in [6.45, 7) is 21.9. The van der Waals surface area contributed by atoms with Crippen molar-refractivity contribution in [1.29, 1.82) is 0 Å². The second kappa shape index (κ2) is 13.6. The van der Waals surface area contributed by atoms with Crippen molar-refractivity contribution >= 4 is 93.4 Å². The highest BCUT2D eigenvalue weighted by Gasteiger charge is 2.51. The van der Waals surface area contributed by atoms with Gasteiger partial charge in [0.1, 0.15) is 0 Å². The van der Waals surface area contributed by atoms with Crippen molar-refractivity contribution in [2.45, 2.75) is 96.8 Å². The lowest BCUT2D eigenvalue weighted by atomic mass is 9.43. The molecule has 0 saturated carbocycles. The number of nitrogens with zero attached hydrogens (tertiary/aromatic N) is 3. The van der Waals surface area contributed by atoms with Gasteiger partial charge < -0.3 is 13.9 Å². The van der Waals surface area contributed by atoms with Crippen molar-refractivity contribution in [3.63, 3.8) is 0 Å². The molecule has 0 fully saturated rings. The number of thiophene rings is 1. The van der Waals surface area contributed by atoms with Gasteiger partial charge in [0.15, 0.2) is 0 Å². The number of aromatic nitrogens is 2. The van der Waals surface area contributed by atoms with Gasteiger partial charge in [-0.1, -0.05) is 153 Å². The molecule has 0 radical (unpaired) electrons. The van der Waals surface area contributed by atoms with Crippen molar-refractivity contribution in [3.05, 3.63) is 173 Å². The number of rotatable bonds is 2. The third-order valence-electron chi connectivity index (χ3n) is 18.1. The maximum Gasteiger partial charge on any atom is 0.333 e. The molecule has 0 amide bonds. The molecule has 15 rings (SSSR count). The van der Waals surface area contributed by atoms with Crippen LogP contribution in [0.15, 0.2) is 146 Å². The molecule has 5 heteroatoms. The van der Waals surface area contributed by atoms with Crippen LogP contribution >= 0.6 is 11.3 Å². The lowest BCUT2D eigenvalue weighted by Crippen LogP contribution is -2.61. The van der Waals surface area contributed by atoms with E-state index in [2.05, 4.69) is 229 Å². The lowest BCUT2D eigenvalue weighted by Gasteiger charge is -2.44. The summed E-state index contributed by atoms with van der Waals surface area (Å²) in [6.07, 6.45) is 2.34. The number of hydrogen-bond donors (Lipinski definition) is 0. The molecule has 0 bridgehead atoms. The first-order valence-corrected chi connectivity index (χ1v) is 26.7. The largest absolute Gasteiger partial charge is 0.376 e. The maximum absolute atomic E-state index is 2.76. The Hall–Kier alpha value is -6.82. The highest BCUT2D eigenvalue weighted by atomic mass is 32.1. The minimum atomic E-state index is -0.270. The van der Waals surface area contributed by atoms with Crippen LogP contribution < -0.4 is 15.7 Å². The van der Waals surface area contributed by atoms with E-state index in [1.807, 2.05) is 11.3 Å². The first kappa shape index (κ1) is 41.9. The Morgan fingerprint density at radius 1 is 0.577 bits per heavy atom. The van der Waals surface area contributed by atoms with Crippen LogP contribution in [-0.4, -0.2) is 16.0 Å². The monoisotopic (exact) mass is 935 g/mol. The molecule has 2 aliphatic heterocycles. The second-order valence-corrected chi connectivity index (χ2v) is 25.5. The van der Waals surface area contributed by atoms with E-state index in [9.17, 15) is 0 Å². The first-order valence-electron chi connectivity index (χ1n) is 25.9. The summed E-state index contributed by atoms with van der Waals surface area (Å²) >= 11 is 1.93. The molecule has 4 aliphatic rings. The fourth-order valence-electron chi connectivity index (χ4n) is 14.3. The average Bonchev–Trinajstić information content (AvgIpc) is 4.07. The summed E-state index contributed by atoms with van der Waals surface area (Å²) < 4.78 is 7.86. The summed E-state index contributed by atoms with van der Waals surface area (Å²) in [7, 11) is 2.26. The molecule has 346 valence electrons. The van der Waals surface area contributed by atoms with Crippen molar-refractivity contribution in [1.82, 2.24) is 9.13 Å². The number of fused-ring (bicyclic) bond motifs is 18. The third kappa shape index (κ3) is 5.35. The molecule has 3 nitrogen and oxygen atoms in total. The topological polar surface area (TPSA) is 13.1 Å². The van der Waals surface area contributed by atoms with Crippen molar-refractivity contribution in [2.24, 2.45) is 7.05 Å². The SMILES string of the molecule is Cn1c(-c2ccccc2)cc2cc3c(cc21)-n1c2cc4c(cc2c2c5c(c6c(c21)B3N(c1ccc(C(C)(C)C)cc1)c1cc2sc3ccccc3c2cc1-6)C(C)(C)c1ccccc1-5)C(C)(C)CCC4(C)C. The van der Waals surface area contributed by atoms with E-state index in [-0.39, 0.29) is 28.5 Å². The third-order valence-corrected chi connectivity index (χ3v) is 19.2. The van der Waals surface area contributed by atoms with E-state index in [4.69, 9.17) is 0 Å². The molecule has 0 unspecified atom stereocenters. The van der Waals surface area contributed by atoms with E-state index in [0.717, 1.165) is 0 Å². The summed E-state index contributed by atoms with van der Waals surface area (Å²) in [4.78, 5) is 2.76. The average molecular weight is 936 g/mol. The maximum atomic E-state index is 2.76. The lowest BCUT2D eigenvalue weighted by molar-refractivity contribution is 0.332. The Labute approximate surface area is 421 Å². The molecule has 0 N–H and O–H groups in total. The van der Waals surface area contributed by atoms with Crippen LogP contribution in [0.25, 0.3) is 92.1 Å². The van der Waals surface area contributed by atoms with Crippen molar-refractivity contribution in [3.8, 4) is 39.2 Å². The molecule has 0 saturated heterocycles. The minimum Gasteiger partial charge on any atom is -0.376 e. The fourth-order valence-corrected chi connectivity index (χ4v) is 15.4. The molecule has 5 heterocycles. The molecule has 8 aromatic carbocycles. The van der Waals surface area contributed by atoms with Gasteiger partial charge in [0.05, 0.1) is 16.6 Å². The molecule has 0 spiro atoms. The summed E-state index contributed by atoms with van der Waals surface area (Å²) in [6, 6.07) is 57.1. The van der Waals surface area contributed by atoms with Crippen molar-refractivity contribution in [2.75, 3.05) is 4.81 Å². The van der Waals surface area contributed by atoms with E-state index in [1.54, 1.807) is 0 Å². The van der Waals surface area contributed by atoms with Gasteiger partial charge in [-0.05, 0) is 150 Å². The van der Waals surface area contributed by atoms with E-state index < -0.39 is 0 Å². The zero-order valence-electron chi connectivity index (χ0n) is 42.6. The molecular formula is C66H58BN3S. The Kier molecular flexibility index (Phi) is 8.01.